The van der Waals surface area contributed by atoms with Crippen molar-refractivity contribution < 1.29 is 14.3 Å². The molecule has 1 amide bonds. The van der Waals surface area contributed by atoms with E-state index >= 15 is 0 Å². The molecule has 1 saturated heterocycles. The molecule has 150 valence electrons. The van der Waals surface area contributed by atoms with E-state index in [2.05, 4.69) is 20.2 Å². The van der Waals surface area contributed by atoms with Crippen LogP contribution in [-0.4, -0.2) is 45.6 Å². The zero-order chi connectivity index (χ0) is 20.1. The van der Waals surface area contributed by atoms with Crippen molar-refractivity contribution in [3.05, 3.63) is 60.4 Å². The number of aromatic nitrogens is 3. The van der Waals surface area contributed by atoms with Crippen LogP contribution in [0.4, 0.5) is 5.95 Å². The summed E-state index contributed by atoms with van der Waals surface area (Å²) in [5, 5.41) is 12.9. The van der Waals surface area contributed by atoms with Gasteiger partial charge in [-0.1, -0.05) is 0 Å². The Morgan fingerprint density at radius 3 is 2.76 bits per heavy atom. The quantitative estimate of drug-likeness (QED) is 0.636. The zero-order valence-electron chi connectivity index (χ0n) is 16.0. The fraction of sp³-hybridized carbons (Fsp3) is 0.333. The van der Waals surface area contributed by atoms with Gasteiger partial charge in [-0.2, -0.15) is 0 Å². The molecule has 0 aromatic carbocycles. The predicted octanol–water partition coefficient (Wildman–Crippen LogP) is 2.59. The largest absolute Gasteiger partial charge is 0.467 e. The van der Waals surface area contributed by atoms with Gasteiger partial charge >= 0.3 is 0 Å². The molecule has 1 atom stereocenters. The summed E-state index contributed by atoms with van der Waals surface area (Å²) in [5.41, 5.74) is 1.78. The van der Waals surface area contributed by atoms with Crippen molar-refractivity contribution in [3.63, 3.8) is 0 Å². The summed E-state index contributed by atoms with van der Waals surface area (Å²) in [5.74, 6) is 0.838. The smallest absolute Gasteiger partial charge is 0.255 e. The van der Waals surface area contributed by atoms with Crippen LogP contribution in [0.2, 0.25) is 0 Å². The zero-order valence-corrected chi connectivity index (χ0v) is 16.0. The molecule has 0 aliphatic carbocycles. The molecule has 0 saturated carbocycles. The van der Waals surface area contributed by atoms with Gasteiger partial charge in [-0.25, -0.2) is 9.97 Å². The average Bonchev–Trinajstić information content (AvgIpc) is 3.48. The molecule has 29 heavy (non-hydrogen) atoms. The average molecular weight is 393 g/mol. The highest BCUT2D eigenvalue weighted by atomic mass is 16.4. The third-order valence-corrected chi connectivity index (χ3v) is 4.94. The number of aliphatic hydroxyl groups excluding tert-OH is 1. The number of carbonyl (C=O) groups excluding carboxylic acids is 1. The lowest BCUT2D eigenvalue weighted by atomic mass is 10.1. The number of rotatable bonds is 7. The Labute approximate surface area is 168 Å². The van der Waals surface area contributed by atoms with Crippen LogP contribution in [0.5, 0.6) is 0 Å². The first kappa shape index (κ1) is 19.1. The van der Waals surface area contributed by atoms with E-state index in [1.807, 2.05) is 12.1 Å². The van der Waals surface area contributed by atoms with Crippen LogP contribution in [0.15, 0.2) is 53.5 Å². The minimum atomic E-state index is -0.765. The van der Waals surface area contributed by atoms with E-state index < -0.39 is 6.10 Å². The summed E-state index contributed by atoms with van der Waals surface area (Å²) in [6, 6.07) is 7.08. The second-order valence-corrected chi connectivity index (χ2v) is 6.94. The van der Waals surface area contributed by atoms with Crippen LogP contribution >= 0.6 is 0 Å². The van der Waals surface area contributed by atoms with Gasteiger partial charge in [0.15, 0.2) is 0 Å². The molecule has 1 aliphatic heterocycles. The lowest BCUT2D eigenvalue weighted by Gasteiger charge is -2.17. The van der Waals surface area contributed by atoms with Gasteiger partial charge in [0.25, 0.3) is 5.91 Å². The summed E-state index contributed by atoms with van der Waals surface area (Å²) in [6.45, 7) is 2.14. The fourth-order valence-corrected chi connectivity index (χ4v) is 3.38. The van der Waals surface area contributed by atoms with E-state index in [-0.39, 0.29) is 5.91 Å². The van der Waals surface area contributed by atoms with E-state index in [4.69, 9.17) is 9.40 Å². The molecule has 8 nitrogen and oxygen atoms in total. The van der Waals surface area contributed by atoms with Gasteiger partial charge in [0.2, 0.25) is 5.95 Å². The van der Waals surface area contributed by atoms with Crippen LogP contribution in [0, 0.1) is 0 Å². The highest BCUT2D eigenvalue weighted by Crippen LogP contribution is 2.25. The summed E-state index contributed by atoms with van der Waals surface area (Å²) < 4.78 is 5.18. The van der Waals surface area contributed by atoms with Crippen LogP contribution in [0.3, 0.4) is 0 Å². The predicted molar refractivity (Wildman–Crippen MR) is 107 cm³/mol. The maximum absolute atomic E-state index is 12.8. The first-order valence-electron chi connectivity index (χ1n) is 9.74. The Bertz CT molecular complexity index is 940. The molecule has 1 unspecified atom stereocenters. The molecule has 1 aliphatic rings. The molecular formula is C21H23N5O3. The van der Waals surface area contributed by atoms with Gasteiger partial charge in [-0.05, 0) is 43.5 Å². The minimum Gasteiger partial charge on any atom is -0.467 e. The Hall–Kier alpha value is -3.26. The topological polar surface area (TPSA) is 104 Å². The lowest BCUT2D eigenvalue weighted by Crippen LogP contribution is -2.27. The first-order valence-corrected chi connectivity index (χ1v) is 9.74. The molecule has 8 heteroatoms. The molecule has 0 bridgehead atoms. The van der Waals surface area contributed by atoms with E-state index in [0.29, 0.717) is 35.9 Å². The number of furan rings is 1. The Morgan fingerprint density at radius 1 is 1.24 bits per heavy atom. The standard InChI is InChI=1S/C21H23N5O3/c27-17(18-4-3-13-29-18)7-10-23-20(28)16-14-24-21(26-11-1-2-12-26)25-19(16)15-5-8-22-9-6-15/h3-6,8-9,13-14,17,27H,1-2,7,10-12H2,(H,23,28). The first-order chi connectivity index (χ1) is 14.2. The van der Waals surface area contributed by atoms with Crippen molar-refractivity contribution in [1.82, 2.24) is 20.3 Å². The summed E-state index contributed by atoms with van der Waals surface area (Å²) in [4.78, 5) is 28.1. The number of nitrogens with zero attached hydrogens (tertiary/aromatic N) is 4. The molecule has 3 aromatic rings. The van der Waals surface area contributed by atoms with Crippen molar-refractivity contribution in [1.29, 1.82) is 0 Å². The molecule has 0 spiro atoms. The van der Waals surface area contributed by atoms with Crippen molar-refractivity contribution >= 4 is 11.9 Å². The van der Waals surface area contributed by atoms with Crippen molar-refractivity contribution in [2.45, 2.75) is 25.4 Å². The number of pyridine rings is 1. The Morgan fingerprint density at radius 2 is 2.03 bits per heavy atom. The third-order valence-electron chi connectivity index (χ3n) is 4.94. The number of carbonyl (C=O) groups is 1. The number of hydrogen-bond donors (Lipinski definition) is 2. The number of anilines is 1. The monoisotopic (exact) mass is 393 g/mol. The van der Waals surface area contributed by atoms with Crippen LogP contribution < -0.4 is 10.2 Å². The molecule has 1 fully saturated rings. The molecule has 3 aromatic heterocycles. The molecular weight excluding hydrogens is 370 g/mol. The van der Waals surface area contributed by atoms with Gasteiger partial charge in [0.1, 0.15) is 11.9 Å². The highest BCUT2D eigenvalue weighted by Gasteiger charge is 2.21. The number of amides is 1. The second kappa shape index (κ2) is 8.83. The van der Waals surface area contributed by atoms with Crippen molar-refractivity contribution in [2.24, 2.45) is 0 Å². The van der Waals surface area contributed by atoms with Crippen LogP contribution in [0.1, 0.15) is 41.5 Å². The molecule has 4 heterocycles. The molecule has 4 rings (SSSR count). The number of aliphatic hydroxyl groups is 1. The SMILES string of the molecule is O=C(NCCC(O)c1ccco1)c1cnc(N2CCCC2)nc1-c1ccncc1. The van der Waals surface area contributed by atoms with Crippen LogP contribution in [-0.2, 0) is 0 Å². The van der Waals surface area contributed by atoms with Gasteiger partial charge in [-0.15, -0.1) is 0 Å². The van der Waals surface area contributed by atoms with E-state index in [1.165, 1.54) is 6.26 Å². The highest BCUT2D eigenvalue weighted by molar-refractivity contribution is 5.99. The number of hydrogen-bond acceptors (Lipinski definition) is 7. The van der Waals surface area contributed by atoms with E-state index in [9.17, 15) is 9.90 Å². The molecule has 0 radical (unpaired) electrons. The van der Waals surface area contributed by atoms with E-state index in [1.54, 1.807) is 30.7 Å². The van der Waals surface area contributed by atoms with E-state index in [0.717, 1.165) is 31.5 Å². The fourth-order valence-electron chi connectivity index (χ4n) is 3.38. The summed E-state index contributed by atoms with van der Waals surface area (Å²) in [7, 11) is 0. The van der Waals surface area contributed by atoms with Crippen molar-refractivity contribution in [2.75, 3.05) is 24.5 Å². The van der Waals surface area contributed by atoms with Gasteiger partial charge in [0, 0.05) is 43.8 Å². The maximum Gasteiger partial charge on any atom is 0.255 e. The van der Waals surface area contributed by atoms with Crippen LogP contribution in [0.25, 0.3) is 11.3 Å². The van der Waals surface area contributed by atoms with Gasteiger partial charge < -0.3 is 19.7 Å². The minimum absolute atomic E-state index is 0.281. The summed E-state index contributed by atoms with van der Waals surface area (Å²) >= 11 is 0. The van der Waals surface area contributed by atoms with Gasteiger partial charge in [-0.3, -0.25) is 9.78 Å². The number of nitrogens with one attached hydrogen (secondary N) is 1. The lowest BCUT2D eigenvalue weighted by molar-refractivity contribution is 0.0936. The normalized spacial score (nSPS) is 14.7. The third kappa shape index (κ3) is 4.43. The Kier molecular flexibility index (Phi) is 5.81. The summed E-state index contributed by atoms with van der Waals surface area (Å²) in [6.07, 6.45) is 8.26. The Balaban J connectivity index is 1.51. The second-order valence-electron chi connectivity index (χ2n) is 6.94. The van der Waals surface area contributed by atoms with Gasteiger partial charge in [0.05, 0.1) is 17.5 Å². The van der Waals surface area contributed by atoms with Crippen molar-refractivity contribution in [3.8, 4) is 11.3 Å². The molecule has 2 N–H and O–H groups in total. The maximum atomic E-state index is 12.8.